The summed E-state index contributed by atoms with van der Waals surface area (Å²) in [4.78, 5) is 27.8. The van der Waals surface area contributed by atoms with Crippen molar-refractivity contribution >= 4 is 34.8 Å². The molecule has 7 nitrogen and oxygen atoms in total. The highest BCUT2D eigenvalue weighted by molar-refractivity contribution is 7.99. The fraction of sp³-hybridized carbons (Fsp3) is 0.294. The van der Waals surface area contributed by atoms with E-state index >= 15 is 0 Å². The Morgan fingerprint density at radius 1 is 1.35 bits per heavy atom. The summed E-state index contributed by atoms with van der Waals surface area (Å²) in [6.45, 7) is 4.19. The molecule has 0 aliphatic rings. The molecule has 0 spiro atoms. The van der Waals surface area contributed by atoms with Gasteiger partial charge in [0, 0.05) is 29.9 Å². The summed E-state index contributed by atoms with van der Waals surface area (Å²) >= 11 is 2.86. The number of Topliss-reactive ketones (excluding diaryl/α,β-unsaturated/α-hetero) is 1. The number of H-pyrrole nitrogens is 1. The number of carbonyl (C=O) groups excluding carboxylic acids is 2. The van der Waals surface area contributed by atoms with E-state index < -0.39 is 0 Å². The lowest BCUT2D eigenvalue weighted by molar-refractivity contribution is -0.118. The monoisotopic (exact) mass is 389 g/mol. The molecule has 3 aromatic rings. The van der Waals surface area contributed by atoms with Gasteiger partial charge in [-0.1, -0.05) is 17.8 Å². The molecule has 0 saturated carbocycles. The molecule has 0 saturated heterocycles. The number of thioether (sulfide) groups is 1. The van der Waals surface area contributed by atoms with Crippen molar-refractivity contribution in [1.29, 1.82) is 0 Å². The summed E-state index contributed by atoms with van der Waals surface area (Å²) in [6, 6.07) is 5.73. The Hall–Kier alpha value is -2.39. The maximum atomic E-state index is 12.5. The first-order valence-corrected chi connectivity index (χ1v) is 9.90. The van der Waals surface area contributed by atoms with Gasteiger partial charge in [0.2, 0.25) is 5.91 Å². The average molecular weight is 390 g/mol. The van der Waals surface area contributed by atoms with E-state index in [4.69, 9.17) is 5.73 Å². The molecule has 26 heavy (non-hydrogen) atoms. The zero-order valence-electron chi connectivity index (χ0n) is 14.5. The number of rotatable bonds is 8. The highest BCUT2D eigenvalue weighted by Crippen LogP contribution is 2.28. The maximum absolute atomic E-state index is 12.5. The molecular weight excluding hydrogens is 370 g/mol. The van der Waals surface area contributed by atoms with Crippen LogP contribution in [0.1, 0.15) is 28.2 Å². The number of hydrogen-bond acceptors (Lipinski definition) is 6. The Bertz CT molecular complexity index is 927. The number of hydrogen-bond donors (Lipinski definition) is 2. The van der Waals surface area contributed by atoms with Gasteiger partial charge in [-0.25, -0.2) is 0 Å². The van der Waals surface area contributed by atoms with Crippen LogP contribution in [0.5, 0.6) is 0 Å². The van der Waals surface area contributed by atoms with Crippen molar-refractivity contribution in [3.63, 3.8) is 0 Å². The van der Waals surface area contributed by atoms with Crippen molar-refractivity contribution in [3.05, 3.63) is 40.5 Å². The molecule has 0 unspecified atom stereocenters. The van der Waals surface area contributed by atoms with Gasteiger partial charge in [0.15, 0.2) is 16.8 Å². The Morgan fingerprint density at radius 3 is 2.77 bits per heavy atom. The lowest BCUT2D eigenvalue weighted by Crippen LogP contribution is -2.15. The summed E-state index contributed by atoms with van der Waals surface area (Å²) in [6.07, 6.45) is 0.189. The van der Waals surface area contributed by atoms with Crippen LogP contribution >= 0.6 is 23.1 Å². The van der Waals surface area contributed by atoms with E-state index in [-0.39, 0.29) is 23.9 Å². The number of nitrogens with one attached hydrogen (secondary N) is 1. The first-order chi connectivity index (χ1) is 12.5. The molecule has 0 aliphatic carbocycles. The Morgan fingerprint density at radius 2 is 2.15 bits per heavy atom. The number of nitrogens with two attached hydrogens (primary N) is 1. The van der Waals surface area contributed by atoms with Gasteiger partial charge >= 0.3 is 0 Å². The molecule has 0 atom stereocenters. The standard InChI is InChI=1S/C17H19N5O2S2/c1-10-8-12(11(2)19-10)13(23)9-26-17-21-20-16(14-4-3-7-25-14)22(17)6-5-15(18)24/h3-4,7-8,19H,5-6,9H2,1-2H3,(H2,18,24). The fourth-order valence-electron chi connectivity index (χ4n) is 2.63. The average Bonchev–Trinajstić information content (AvgIpc) is 3.30. The van der Waals surface area contributed by atoms with Crippen LogP contribution < -0.4 is 5.73 Å². The highest BCUT2D eigenvalue weighted by Gasteiger charge is 2.18. The van der Waals surface area contributed by atoms with Crippen molar-refractivity contribution in [2.45, 2.75) is 32.0 Å². The fourth-order valence-corrected chi connectivity index (χ4v) is 4.19. The van der Waals surface area contributed by atoms with Crippen molar-refractivity contribution in [2.24, 2.45) is 5.73 Å². The summed E-state index contributed by atoms with van der Waals surface area (Å²) in [5.74, 6) is 0.571. The molecule has 0 radical (unpaired) electrons. The van der Waals surface area contributed by atoms with E-state index in [2.05, 4.69) is 15.2 Å². The highest BCUT2D eigenvalue weighted by atomic mass is 32.2. The maximum Gasteiger partial charge on any atom is 0.219 e. The van der Waals surface area contributed by atoms with E-state index in [1.165, 1.54) is 11.8 Å². The Labute approximate surface area is 159 Å². The molecule has 3 rings (SSSR count). The number of nitrogens with zero attached hydrogens (tertiary/aromatic N) is 3. The summed E-state index contributed by atoms with van der Waals surface area (Å²) in [5.41, 5.74) is 7.80. The first kappa shape index (κ1) is 18.4. The molecule has 0 bridgehead atoms. The van der Waals surface area contributed by atoms with Crippen LogP contribution in [0.2, 0.25) is 0 Å². The van der Waals surface area contributed by atoms with Crippen LogP contribution in [-0.2, 0) is 11.3 Å². The minimum absolute atomic E-state index is 0.0268. The second-order valence-corrected chi connectivity index (χ2v) is 7.74. The van der Waals surface area contributed by atoms with Gasteiger partial charge in [0.05, 0.1) is 10.6 Å². The number of aromatic nitrogens is 4. The Balaban J connectivity index is 1.79. The lowest BCUT2D eigenvalue weighted by atomic mass is 10.2. The summed E-state index contributed by atoms with van der Waals surface area (Å²) in [7, 11) is 0. The van der Waals surface area contributed by atoms with Crippen LogP contribution in [0, 0.1) is 13.8 Å². The third-order valence-corrected chi connectivity index (χ3v) is 5.66. The number of primary amides is 1. The normalized spacial score (nSPS) is 11.0. The molecule has 1 amide bonds. The zero-order chi connectivity index (χ0) is 18.7. The van der Waals surface area contributed by atoms with E-state index in [0.29, 0.717) is 23.1 Å². The van der Waals surface area contributed by atoms with Gasteiger partial charge in [0.25, 0.3) is 0 Å². The molecular formula is C17H19N5O2S2. The second kappa shape index (κ2) is 7.88. The van der Waals surface area contributed by atoms with Crippen LogP contribution in [0.15, 0.2) is 28.7 Å². The predicted molar refractivity (Wildman–Crippen MR) is 102 cm³/mol. The number of ketones is 1. The van der Waals surface area contributed by atoms with Gasteiger partial charge in [-0.05, 0) is 31.4 Å². The minimum atomic E-state index is -0.388. The van der Waals surface area contributed by atoms with Crippen molar-refractivity contribution in [1.82, 2.24) is 19.7 Å². The number of amides is 1. The van der Waals surface area contributed by atoms with Gasteiger partial charge in [0.1, 0.15) is 0 Å². The Kier molecular flexibility index (Phi) is 5.58. The lowest BCUT2D eigenvalue weighted by Gasteiger charge is -2.08. The van der Waals surface area contributed by atoms with E-state index in [1.807, 2.05) is 42.0 Å². The molecule has 136 valence electrons. The van der Waals surface area contributed by atoms with Gasteiger partial charge in [-0.3, -0.25) is 9.59 Å². The molecule has 3 aromatic heterocycles. The van der Waals surface area contributed by atoms with Gasteiger partial charge in [-0.2, -0.15) is 0 Å². The quantitative estimate of drug-likeness (QED) is 0.455. The molecule has 0 aliphatic heterocycles. The molecule has 9 heteroatoms. The SMILES string of the molecule is Cc1cc(C(=O)CSc2nnc(-c3cccs3)n2CCC(N)=O)c(C)[nH]1. The molecule has 0 fully saturated rings. The van der Waals surface area contributed by atoms with Gasteiger partial charge < -0.3 is 15.3 Å². The smallest absolute Gasteiger partial charge is 0.219 e. The van der Waals surface area contributed by atoms with Crippen molar-refractivity contribution in [3.8, 4) is 10.7 Å². The zero-order valence-corrected chi connectivity index (χ0v) is 16.1. The number of aryl methyl sites for hydroxylation is 2. The van der Waals surface area contributed by atoms with Crippen molar-refractivity contribution in [2.75, 3.05) is 5.75 Å². The second-order valence-electron chi connectivity index (χ2n) is 5.85. The van der Waals surface area contributed by atoms with Crippen LogP contribution in [0.4, 0.5) is 0 Å². The number of aromatic amines is 1. The minimum Gasteiger partial charge on any atom is -0.370 e. The molecule has 0 aromatic carbocycles. The number of carbonyl (C=O) groups is 2. The summed E-state index contributed by atoms with van der Waals surface area (Å²) in [5, 5.41) is 11.0. The number of thiophene rings is 1. The topological polar surface area (TPSA) is 107 Å². The van der Waals surface area contributed by atoms with Crippen molar-refractivity contribution < 1.29 is 9.59 Å². The van der Waals surface area contributed by atoms with Crippen LogP contribution in [0.25, 0.3) is 10.7 Å². The van der Waals surface area contributed by atoms with Gasteiger partial charge in [-0.15, -0.1) is 21.5 Å². The third kappa shape index (κ3) is 4.05. The molecule has 3 N–H and O–H groups in total. The predicted octanol–water partition coefficient (Wildman–Crippen LogP) is 2.80. The van der Waals surface area contributed by atoms with E-state index in [0.717, 1.165) is 16.3 Å². The summed E-state index contributed by atoms with van der Waals surface area (Å²) < 4.78 is 1.85. The molecule has 3 heterocycles. The first-order valence-electron chi connectivity index (χ1n) is 8.03. The van der Waals surface area contributed by atoms with Crippen LogP contribution in [0.3, 0.4) is 0 Å². The van der Waals surface area contributed by atoms with E-state index in [1.54, 1.807) is 11.3 Å². The van der Waals surface area contributed by atoms with Crippen LogP contribution in [-0.4, -0.2) is 37.2 Å². The van der Waals surface area contributed by atoms with E-state index in [9.17, 15) is 9.59 Å². The third-order valence-electron chi connectivity index (χ3n) is 3.82. The largest absolute Gasteiger partial charge is 0.370 e.